The van der Waals surface area contributed by atoms with Gasteiger partial charge in [0.05, 0.1) is 30.9 Å². The lowest BCUT2D eigenvalue weighted by Gasteiger charge is -2.48. The van der Waals surface area contributed by atoms with Crippen molar-refractivity contribution < 1.29 is 48.3 Å². The number of hydrogen-bond donors (Lipinski definition) is 3. The summed E-state index contributed by atoms with van der Waals surface area (Å²) in [5.74, 6) is -3.95. The van der Waals surface area contributed by atoms with Crippen LogP contribution < -0.4 is 5.32 Å². The van der Waals surface area contributed by atoms with Gasteiger partial charge in [0.25, 0.3) is 5.91 Å². The Bertz CT molecular complexity index is 1930. The van der Waals surface area contributed by atoms with Crippen LogP contribution in [-0.2, 0) is 33.3 Å². The van der Waals surface area contributed by atoms with E-state index in [9.17, 15) is 24.6 Å². The summed E-state index contributed by atoms with van der Waals surface area (Å²) in [7, 11) is 0. The molecule has 12 atom stereocenters. The molecule has 6 rings (SSSR count). The third kappa shape index (κ3) is 9.02. The van der Waals surface area contributed by atoms with Gasteiger partial charge in [-0.05, 0) is 60.6 Å². The zero-order valence-electron chi connectivity index (χ0n) is 34.1. The minimum absolute atomic E-state index is 0.0172. The summed E-state index contributed by atoms with van der Waals surface area (Å²) in [5.41, 5.74) is 9.03. The Labute approximate surface area is 339 Å². The number of amides is 1. The minimum Gasteiger partial charge on any atom is -0.462 e. The van der Waals surface area contributed by atoms with Crippen molar-refractivity contribution >= 4 is 23.5 Å². The quantitative estimate of drug-likeness (QED) is 0.0845. The van der Waals surface area contributed by atoms with E-state index in [1.54, 1.807) is 37.3 Å². The van der Waals surface area contributed by atoms with Crippen molar-refractivity contribution in [1.29, 1.82) is 0 Å². The van der Waals surface area contributed by atoms with Crippen molar-refractivity contribution in [3.8, 4) is 0 Å². The van der Waals surface area contributed by atoms with E-state index in [-0.39, 0.29) is 61.1 Å². The number of nitrogens with one attached hydrogen (secondary N) is 1. The number of aliphatic hydroxyl groups is 2. The fourth-order valence-electron chi connectivity index (χ4n) is 8.72. The molecular weight excluding hydrogens is 745 g/mol. The molecule has 1 aromatic carbocycles. The molecule has 312 valence electrons. The van der Waals surface area contributed by atoms with E-state index in [1.165, 1.54) is 12.1 Å². The molecule has 1 unspecified atom stereocenters. The van der Waals surface area contributed by atoms with Crippen LogP contribution in [0.5, 0.6) is 0 Å². The number of benzene rings is 1. The molecule has 0 aromatic heterocycles. The number of nitrogens with zero attached hydrogens (tertiary/aromatic N) is 3. The van der Waals surface area contributed by atoms with Crippen LogP contribution in [0, 0.1) is 23.7 Å². The molecular formula is C44H56N4O10. The summed E-state index contributed by atoms with van der Waals surface area (Å²) < 4.78 is 31.9. The fraction of sp³-hybridized carbons (Fsp3) is 0.568. The van der Waals surface area contributed by atoms with Gasteiger partial charge in [-0.3, -0.25) is 14.4 Å². The fourth-order valence-corrected chi connectivity index (χ4v) is 8.72. The van der Waals surface area contributed by atoms with Gasteiger partial charge in [0, 0.05) is 41.7 Å². The van der Waals surface area contributed by atoms with Gasteiger partial charge in [0.1, 0.15) is 35.9 Å². The third-order valence-electron chi connectivity index (χ3n) is 12.2. The Morgan fingerprint density at radius 2 is 1.90 bits per heavy atom. The molecule has 1 aromatic rings. The lowest BCUT2D eigenvalue weighted by Crippen LogP contribution is -2.58. The van der Waals surface area contributed by atoms with E-state index in [2.05, 4.69) is 42.2 Å². The monoisotopic (exact) mass is 800 g/mol. The summed E-state index contributed by atoms with van der Waals surface area (Å²) in [6.07, 6.45) is 10.5. The van der Waals surface area contributed by atoms with E-state index >= 15 is 0 Å². The van der Waals surface area contributed by atoms with Crippen molar-refractivity contribution in [2.75, 3.05) is 13.2 Å². The predicted molar refractivity (Wildman–Crippen MR) is 214 cm³/mol. The molecule has 5 aliphatic rings. The van der Waals surface area contributed by atoms with Gasteiger partial charge in [-0.1, -0.05) is 93.9 Å². The molecule has 2 fully saturated rings. The molecule has 0 saturated carbocycles. The molecule has 1 spiro atoms. The van der Waals surface area contributed by atoms with Gasteiger partial charge in [-0.2, -0.15) is 0 Å². The Morgan fingerprint density at radius 3 is 2.66 bits per heavy atom. The summed E-state index contributed by atoms with van der Waals surface area (Å²) in [4.78, 5) is 43.2. The van der Waals surface area contributed by atoms with Crippen LogP contribution in [0.3, 0.4) is 0 Å². The first-order valence-electron chi connectivity index (χ1n) is 20.3. The SMILES string of the molecule is CCC(C)[C@H]1O[C@]2(C=C[C@@H]1C)C[C@@H]1C[C@@H](C/C=C(\C)[C@@H](OC(=O)CCNC(=O)c3ccccc3N=[N+]=[N-])[C@@H](C)/C=C/C=C3\CO[C@@H]4[C@H](O)C(C)=C[C@@H](C(=O)O1)[C@]34O)O2. The van der Waals surface area contributed by atoms with E-state index in [4.69, 9.17) is 29.2 Å². The van der Waals surface area contributed by atoms with Gasteiger partial charge in [0.15, 0.2) is 5.79 Å². The topological polar surface area (TPSA) is 199 Å². The third-order valence-corrected chi connectivity index (χ3v) is 12.2. The highest BCUT2D eigenvalue weighted by molar-refractivity contribution is 5.99. The van der Waals surface area contributed by atoms with Crippen LogP contribution in [0.25, 0.3) is 10.4 Å². The maximum atomic E-state index is 14.2. The van der Waals surface area contributed by atoms with Crippen molar-refractivity contribution in [1.82, 2.24) is 5.32 Å². The van der Waals surface area contributed by atoms with E-state index in [0.29, 0.717) is 24.0 Å². The number of allylic oxidation sites excluding steroid dienone is 2. The average Bonchev–Trinajstić information content (AvgIpc) is 3.54. The second-order valence-corrected chi connectivity index (χ2v) is 16.4. The summed E-state index contributed by atoms with van der Waals surface area (Å²) >= 11 is 0. The second kappa shape index (κ2) is 18.1. The van der Waals surface area contributed by atoms with Crippen LogP contribution in [0.1, 0.15) is 84.0 Å². The van der Waals surface area contributed by atoms with Crippen LogP contribution in [-0.4, -0.2) is 89.2 Å². The highest BCUT2D eigenvalue weighted by atomic mass is 16.7. The molecule has 4 heterocycles. The maximum absolute atomic E-state index is 14.2. The number of esters is 2. The lowest BCUT2D eigenvalue weighted by atomic mass is 9.71. The second-order valence-electron chi connectivity index (χ2n) is 16.4. The minimum atomic E-state index is -1.88. The first kappa shape index (κ1) is 43.0. The molecule has 1 aliphatic carbocycles. The van der Waals surface area contributed by atoms with E-state index in [0.717, 1.165) is 12.0 Å². The highest BCUT2D eigenvalue weighted by Gasteiger charge is 2.60. The maximum Gasteiger partial charge on any atom is 0.316 e. The number of carbonyl (C=O) groups excluding carboxylic acids is 3. The molecule has 0 radical (unpaired) electrons. The number of hydrogen-bond acceptors (Lipinski definition) is 11. The van der Waals surface area contributed by atoms with Gasteiger partial charge >= 0.3 is 11.9 Å². The number of rotatable bonds is 8. The largest absolute Gasteiger partial charge is 0.462 e. The first-order chi connectivity index (χ1) is 27.7. The van der Waals surface area contributed by atoms with Crippen LogP contribution >= 0.6 is 0 Å². The number of ether oxygens (including phenoxy) is 5. The van der Waals surface area contributed by atoms with Crippen LogP contribution in [0.15, 0.2) is 88.6 Å². The van der Waals surface area contributed by atoms with E-state index in [1.807, 2.05) is 32.1 Å². The summed E-state index contributed by atoms with van der Waals surface area (Å²) in [5, 5.41) is 29.7. The molecule has 3 N–H and O–H groups in total. The van der Waals surface area contributed by atoms with Crippen molar-refractivity contribution in [3.63, 3.8) is 0 Å². The normalized spacial score (nSPS) is 37.7. The summed E-state index contributed by atoms with van der Waals surface area (Å²) in [6, 6.07) is 6.36. The average molecular weight is 801 g/mol. The van der Waals surface area contributed by atoms with Gasteiger partial charge in [-0.15, -0.1) is 0 Å². The molecule has 2 bridgehead atoms. The Kier molecular flexibility index (Phi) is 13.5. The number of fused-ring (bicyclic) bond motifs is 2. The molecule has 4 aliphatic heterocycles. The molecule has 14 heteroatoms. The standard InChI is InChI=1S/C44H56N4O10/c1-7-25(2)39-28(5)17-19-43(58-39)23-32-22-31(57-43)16-15-27(4)38(56-36(49)18-20-46-41(51)33-13-8-9-14-35(33)47-48-45)26(3)11-10-12-30-24-54-40-37(50)29(6)21-34(42(52)55-32)44(30,40)53/h8-15,17,19,21,25-26,28,31-32,34,37-40,50,53H,7,16,18,20,22-24H2,1-6H3,(H,46,51)/b11-10+,27-15+,30-12+/t25?,26-,28-,31+,32-,34-,37+,38-,39+,40+,43+,44+/m0/s1. The molecule has 58 heavy (non-hydrogen) atoms. The summed E-state index contributed by atoms with van der Waals surface area (Å²) in [6.45, 7) is 11.8. The Morgan fingerprint density at radius 1 is 1.12 bits per heavy atom. The number of azide groups is 1. The van der Waals surface area contributed by atoms with Crippen LogP contribution in [0.2, 0.25) is 0 Å². The molecule has 2 saturated heterocycles. The molecule has 14 nitrogen and oxygen atoms in total. The first-order valence-corrected chi connectivity index (χ1v) is 20.3. The molecule has 1 amide bonds. The van der Waals surface area contributed by atoms with E-state index < -0.39 is 65.7 Å². The van der Waals surface area contributed by atoms with Gasteiger partial charge in [0.2, 0.25) is 0 Å². The van der Waals surface area contributed by atoms with Crippen LogP contribution in [0.4, 0.5) is 5.69 Å². The van der Waals surface area contributed by atoms with Gasteiger partial charge < -0.3 is 39.2 Å². The lowest BCUT2D eigenvalue weighted by molar-refractivity contribution is -0.300. The zero-order valence-corrected chi connectivity index (χ0v) is 34.1. The Hall–Kier alpha value is -4.56. The number of carbonyl (C=O) groups is 3. The van der Waals surface area contributed by atoms with Crippen molar-refractivity contribution in [2.24, 2.45) is 28.8 Å². The predicted octanol–water partition coefficient (Wildman–Crippen LogP) is 6.62. The highest BCUT2D eigenvalue weighted by Crippen LogP contribution is 2.47. The van der Waals surface area contributed by atoms with Crippen molar-refractivity contribution in [2.45, 2.75) is 122 Å². The Balaban J connectivity index is 1.29. The van der Waals surface area contributed by atoms with Crippen molar-refractivity contribution in [3.05, 3.63) is 99.5 Å². The smallest absolute Gasteiger partial charge is 0.316 e. The number of aliphatic hydroxyl groups excluding tert-OH is 1. The zero-order chi connectivity index (χ0) is 41.8. The van der Waals surface area contributed by atoms with Gasteiger partial charge in [-0.25, -0.2) is 0 Å².